The molecule has 2 N–H and O–H groups in total. The van der Waals surface area contributed by atoms with Crippen LogP contribution < -0.4 is 10.5 Å². The van der Waals surface area contributed by atoms with Gasteiger partial charge < -0.3 is 15.2 Å². The molecule has 0 saturated carbocycles. The van der Waals surface area contributed by atoms with E-state index in [9.17, 15) is 9.59 Å². The van der Waals surface area contributed by atoms with Crippen molar-refractivity contribution in [3.63, 3.8) is 0 Å². The van der Waals surface area contributed by atoms with Crippen molar-refractivity contribution in [2.24, 2.45) is 5.73 Å². The third kappa shape index (κ3) is 2.98. The first kappa shape index (κ1) is 12.0. The third-order valence-corrected chi connectivity index (χ3v) is 1.96. The Balaban J connectivity index is 2.92. The number of ether oxygens (including phenoxy) is 2. The zero-order valence-electron chi connectivity index (χ0n) is 9.10. The molecule has 0 bridgehead atoms. The molecule has 5 nitrogen and oxygen atoms in total. The lowest BCUT2D eigenvalue weighted by atomic mass is 10.1. The summed E-state index contributed by atoms with van der Waals surface area (Å²) in [7, 11) is 1.53. The monoisotopic (exact) mass is 223 g/mol. The third-order valence-electron chi connectivity index (χ3n) is 1.96. The average molecular weight is 223 g/mol. The van der Waals surface area contributed by atoms with E-state index in [1.807, 2.05) is 0 Å². The van der Waals surface area contributed by atoms with E-state index in [2.05, 4.69) is 0 Å². The predicted molar refractivity (Wildman–Crippen MR) is 56.7 cm³/mol. The van der Waals surface area contributed by atoms with Crippen LogP contribution in [0.4, 0.5) is 0 Å². The summed E-state index contributed by atoms with van der Waals surface area (Å²) in [6, 6.07) is 6.57. The molecule has 1 rings (SSSR count). The van der Waals surface area contributed by atoms with Gasteiger partial charge in [-0.05, 0) is 12.1 Å². The second-order valence-electron chi connectivity index (χ2n) is 3.17. The van der Waals surface area contributed by atoms with Gasteiger partial charge in [0.2, 0.25) is 6.10 Å². The van der Waals surface area contributed by atoms with E-state index in [-0.39, 0.29) is 0 Å². The Kier molecular flexibility index (Phi) is 3.88. The van der Waals surface area contributed by atoms with Gasteiger partial charge in [0.25, 0.3) is 5.91 Å². The van der Waals surface area contributed by atoms with E-state index >= 15 is 0 Å². The first-order valence-electron chi connectivity index (χ1n) is 4.65. The van der Waals surface area contributed by atoms with Crippen LogP contribution in [0.2, 0.25) is 0 Å². The highest BCUT2D eigenvalue weighted by Crippen LogP contribution is 2.20. The van der Waals surface area contributed by atoms with Gasteiger partial charge in [0, 0.05) is 12.5 Å². The molecule has 1 unspecified atom stereocenters. The molecule has 16 heavy (non-hydrogen) atoms. The van der Waals surface area contributed by atoms with Crippen molar-refractivity contribution in [1.82, 2.24) is 0 Å². The van der Waals surface area contributed by atoms with Crippen molar-refractivity contribution >= 4 is 11.9 Å². The number of rotatable bonds is 4. The van der Waals surface area contributed by atoms with E-state index in [4.69, 9.17) is 15.2 Å². The minimum Gasteiger partial charge on any atom is -0.497 e. The SMILES string of the molecule is COc1ccc(C(OC(C)=O)C(N)=O)cc1. The molecule has 0 saturated heterocycles. The molecule has 0 aromatic heterocycles. The molecule has 86 valence electrons. The normalized spacial score (nSPS) is 11.6. The second-order valence-corrected chi connectivity index (χ2v) is 3.17. The number of primary amides is 1. The minimum atomic E-state index is -1.05. The summed E-state index contributed by atoms with van der Waals surface area (Å²) >= 11 is 0. The first-order chi connectivity index (χ1) is 7.54. The second kappa shape index (κ2) is 5.16. The van der Waals surface area contributed by atoms with Gasteiger partial charge in [-0.2, -0.15) is 0 Å². The topological polar surface area (TPSA) is 78.6 Å². The van der Waals surface area contributed by atoms with Crippen LogP contribution in [0.3, 0.4) is 0 Å². The first-order valence-corrected chi connectivity index (χ1v) is 4.65. The Labute approximate surface area is 93.1 Å². The van der Waals surface area contributed by atoms with Crippen molar-refractivity contribution in [3.8, 4) is 5.75 Å². The number of hydrogen-bond acceptors (Lipinski definition) is 4. The highest BCUT2D eigenvalue weighted by atomic mass is 16.5. The van der Waals surface area contributed by atoms with E-state index in [0.29, 0.717) is 11.3 Å². The molecule has 0 fully saturated rings. The van der Waals surface area contributed by atoms with Gasteiger partial charge in [0.05, 0.1) is 7.11 Å². The Bertz CT molecular complexity index is 385. The summed E-state index contributed by atoms with van der Waals surface area (Å²) in [5.74, 6) is -0.616. The zero-order valence-corrected chi connectivity index (χ0v) is 9.10. The summed E-state index contributed by atoms with van der Waals surface area (Å²) in [6.07, 6.45) is -1.05. The molecule has 1 aromatic carbocycles. The highest BCUT2D eigenvalue weighted by molar-refractivity contribution is 5.83. The van der Waals surface area contributed by atoms with E-state index in [1.165, 1.54) is 14.0 Å². The minimum absolute atomic E-state index is 0.517. The molecular formula is C11H13NO4. The van der Waals surface area contributed by atoms with Crippen LogP contribution in [0.5, 0.6) is 5.75 Å². The molecule has 0 radical (unpaired) electrons. The standard InChI is InChI=1S/C11H13NO4/c1-7(13)16-10(11(12)14)8-3-5-9(15-2)6-4-8/h3-6,10H,1-2H3,(H2,12,14). The van der Waals surface area contributed by atoms with Crippen molar-refractivity contribution in [2.75, 3.05) is 7.11 Å². The van der Waals surface area contributed by atoms with E-state index in [0.717, 1.165) is 0 Å². The highest BCUT2D eigenvalue weighted by Gasteiger charge is 2.20. The lowest BCUT2D eigenvalue weighted by Crippen LogP contribution is -2.25. The van der Waals surface area contributed by atoms with Crippen molar-refractivity contribution < 1.29 is 19.1 Å². The van der Waals surface area contributed by atoms with Crippen molar-refractivity contribution in [1.29, 1.82) is 0 Å². The number of nitrogens with two attached hydrogens (primary N) is 1. The van der Waals surface area contributed by atoms with Gasteiger partial charge in [-0.25, -0.2) is 0 Å². The molecule has 1 amide bonds. The predicted octanol–water partition coefficient (Wildman–Crippen LogP) is 0.785. The maximum absolute atomic E-state index is 11.1. The number of carbonyl (C=O) groups excluding carboxylic acids is 2. The number of esters is 1. The Morgan fingerprint density at radius 2 is 1.81 bits per heavy atom. The maximum Gasteiger partial charge on any atom is 0.303 e. The summed E-state index contributed by atoms with van der Waals surface area (Å²) < 4.78 is 9.78. The van der Waals surface area contributed by atoms with Crippen LogP contribution in [0.1, 0.15) is 18.6 Å². The Hall–Kier alpha value is -2.04. The smallest absolute Gasteiger partial charge is 0.303 e. The van der Waals surface area contributed by atoms with Crippen molar-refractivity contribution in [2.45, 2.75) is 13.0 Å². The fourth-order valence-corrected chi connectivity index (χ4v) is 1.24. The lowest BCUT2D eigenvalue weighted by Gasteiger charge is -2.13. The summed E-state index contributed by atoms with van der Waals surface area (Å²) in [6.45, 7) is 1.22. The summed E-state index contributed by atoms with van der Waals surface area (Å²) in [4.78, 5) is 21.9. The average Bonchev–Trinajstić information content (AvgIpc) is 2.25. The van der Waals surface area contributed by atoms with Gasteiger partial charge in [-0.15, -0.1) is 0 Å². The van der Waals surface area contributed by atoms with Gasteiger partial charge >= 0.3 is 5.97 Å². The molecular weight excluding hydrogens is 210 g/mol. The number of amides is 1. The van der Waals surface area contributed by atoms with Crippen LogP contribution in [0.25, 0.3) is 0 Å². The number of benzene rings is 1. The molecule has 1 atom stereocenters. The van der Waals surface area contributed by atoms with E-state index in [1.54, 1.807) is 24.3 Å². The number of methoxy groups -OCH3 is 1. The molecule has 1 aromatic rings. The molecule has 5 heteroatoms. The lowest BCUT2D eigenvalue weighted by molar-refractivity contribution is -0.153. The van der Waals surface area contributed by atoms with Gasteiger partial charge in [0.15, 0.2) is 0 Å². The van der Waals surface area contributed by atoms with Crippen LogP contribution in [0.15, 0.2) is 24.3 Å². The quantitative estimate of drug-likeness (QED) is 0.765. The number of carbonyl (C=O) groups is 2. The molecule has 0 heterocycles. The van der Waals surface area contributed by atoms with Crippen LogP contribution in [-0.4, -0.2) is 19.0 Å². The Morgan fingerprint density at radius 1 is 1.25 bits per heavy atom. The van der Waals surface area contributed by atoms with Gasteiger partial charge in [0.1, 0.15) is 5.75 Å². The summed E-state index contributed by atoms with van der Waals surface area (Å²) in [5, 5.41) is 0. The fraction of sp³-hybridized carbons (Fsp3) is 0.273. The molecule has 0 aliphatic rings. The molecule has 0 aliphatic carbocycles. The van der Waals surface area contributed by atoms with Gasteiger partial charge in [-0.3, -0.25) is 9.59 Å². The van der Waals surface area contributed by atoms with Gasteiger partial charge in [-0.1, -0.05) is 12.1 Å². The van der Waals surface area contributed by atoms with Crippen LogP contribution >= 0.6 is 0 Å². The Morgan fingerprint density at radius 3 is 2.19 bits per heavy atom. The number of hydrogen-bond donors (Lipinski definition) is 1. The largest absolute Gasteiger partial charge is 0.497 e. The van der Waals surface area contributed by atoms with Crippen molar-refractivity contribution in [3.05, 3.63) is 29.8 Å². The van der Waals surface area contributed by atoms with E-state index < -0.39 is 18.0 Å². The summed E-state index contributed by atoms with van der Waals surface area (Å²) in [5.41, 5.74) is 5.66. The zero-order chi connectivity index (χ0) is 12.1. The molecule has 0 spiro atoms. The fourth-order valence-electron chi connectivity index (χ4n) is 1.24. The molecule has 0 aliphatic heterocycles. The van der Waals surface area contributed by atoms with Crippen LogP contribution in [0, 0.1) is 0 Å². The maximum atomic E-state index is 11.1. The van der Waals surface area contributed by atoms with Crippen LogP contribution in [-0.2, 0) is 14.3 Å².